The highest BCUT2D eigenvalue weighted by atomic mass is 16.5. The first kappa shape index (κ1) is 13.1. The lowest BCUT2D eigenvalue weighted by atomic mass is 10.3. The van der Waals surface area contributed by atoms with Crippen molar-refractivity contribution in [2.24, 2.45) is 11.5 Å². The SMILES string of the molecule is COC(=O)CN.NC(=O)c1ccccn1. The molecule has 0 fully saturated rings. The third-order valence-corrected chi connectivity index (χ3v) is 1.31. The lowest BCUT2D eigenvalue weighted by molar-refractivity contribution is -0.138. The molecule has 0 spiro atoms. The van der Waals surface area contributed by atoms with Gasteiger partial charge in [0.1, 0.15) is 5.69 Å². The second-order valence-corrected chi connectivity index (χ2v) is 2.36. The first-order valence-electron chi connectivity index (χ1n) is 4.09. The molecule has 6 heteroatoms. The Balaban J connectivity index is 0.000000288. The van der Waals surface area contributed by atoms with Crippen molar-refractivity contribution in [1.82, 2.24) is 4.98 Å². The number of ether oxygens (including phenoxy) is 1. The second-order valence-electron chi connectivity index (χ2n) is 2.36. The lowest BCUT2D eigenvalue weighted by Crippen LogP contribution is -2.14. The molecule has 0 radical (unpaired) electrons. The monoisotopic (exact) mass is 211 g/mol. The van der Waals surface area contributed by atoms with Crippen LogP contribution < -0.4 is 11.5 Å². The van der Waals surface area contributed by atoms with Crippen molar-refractivity contribution >= 4 is 11.9 Å². The zero-order valence-corrected chi connectivity index (χ0v) is 8.34. The number of pyridine rings is 1. The first-order valence-corrected chi connectivity index (χ1v) is 4.09. The van der Waals surface area contributed by atoms with Gasteiger partial charge < -0.3 is 16.2 Å². The summed E-state index contributed by atoms with van der Waals surface area (Å²) in [6.07, 6.45) is 1.53. The van der Waals surface area contributed by atoms with Crippen LogP contribution in [0.3, 0.4) is 0 Å². The van der Waals surface area contributed by atoms with Gasteiger partial charge in [0.15, 0.2) is 0 Å². The molecular weight excluding hydrogens is 198 g/mol. The predicted molar refractivity (Wildman–Crippen MR) is 53.8 cm³/mol. The van der Waals surface area contributed by atoms with Crippen LogP contribution in [0.4, 0.5) is 0 Å². The minimum absolute atomic E-state index is 0.0312. The van der Waals surface area contributed by atoms with Crippen LogP contribution in [-0.2, 0) is 9.53 Å². The maximum Gasteiger partial charge on any atom is 0.319 e. The molecule has 0 saturated carbocycles. The number of rotatable bonds is 2. The maximum atomic E-state index is 10.4. The number of nitrogens with two attached hydrogens (primary N) is 2. The van der Waals surface area contributed by atoms with E-state index < -0.39 is 5.91 Å². The Kier molecular flexibility index (Phi) is 6.48. The molecule has 4 N–H and O–H groups in total. The van der Waals surface area contributed by atoms with Crippen LogP contribution in [0.5, 0.6) is 0 Å². The van der Waals surface area contributed by atoms with E-state index in [0.717, 1.165) is 0 Å². The summed E-state index contributed by atoms with van der Waals surface area (Å²) in [4.78, 5) is 23.9. The van der Waals surface area contributed by atoms with Crippen molar-refractivity contribution in [3.63, 3.8) is 0 Å². The van der Waals surface area contributed by atoms with Crippen LogP contribution in [0.15, 0.2) is 24.4 Å². The maximum absolute atomic E-state index is 10.4. The number of carbonyl (C=O) groups is 2. The quantitative estimate of drug-likeness (QED) is 0.629. The van der Waals surface area contributed by atoms with Gasteiger partial charge in [-0.3, -0.25) is 14.6 Å². The number of methoxy groups -OCH3 is 1. The highest BCUT2D eigenvalue weighted by Crippen LogP contribution is 1.88. The second kappa shape index (κ2) is 7.45. The molecular formula is C9H13N3O3. The summed E-state index contributed by atoms with van der Waals surface area (Å²) in [5, 5.41) is 0. The van der Waals surface area contributed by atoms with Gasteiger partial charge in [0.05, 0.1) is 13.7 Å². The normalized spacial score (nSPS) is 8.40. The van der Waals surface area contributed by atoms with E-state index in [0.29, 0.717) is 5.69 Å². The van der Waals surface area contributed by atoms with E-state index >= 15 is 0 Å². The third kappa shape index (κ3) is 6.17. The molecule has 0 aliphatic carbocycles. The predicted octanol–water partition coefficient (Wildman–Crippen LogP) is -0.701. The molecule has 1 amide bonds. The molecule has 0 aliphatic heterocycles. The standard InChI is InChI=1S/C6H6N2O.C3H7NO2/c7-6(9)5-3-1-2-4-8-5;1-6-3(5)2-4/h1-4H,(H2,7,9);2,4H2,1H3. The molecule has 0 saturated heterocycles. The molecule has 1 heterocycles. The summed E-state index contributed by atoms with van der Waals surface area (Å²) in [6, 6.07) is 5.02. The molecule has 0 bridgehead atoms. The number of hydrogen-bond acceptors (Lipinski definition) is 5. The van der Waals surface area contributed by atoms with Crippen molar-refractivity contribution in [3.8, 4) is 0 Å². The van der Waals surface area contributed by atoms with Gasteiger partial charge in [-0.1, -0.05) is 6.07 Å². The highest BCUT2D eigenvalue weighted by Gasteiger charge is 1.95. The minimum Gasteiger partial charge on any atom is -0.468 e. The number of esters is 1. The summed E-state index contributed by atoms with van der Waals surface area (Å²) in [5.41, 5.74) is 10.0. The molecule has 1 rings (SSSR count). The number of aromatic nitrogens is 1. The Bertz CT molecular complexity index is 308. The summed E-state index contributed by atoms with van der Waals surface area (Å²) >= 11 is 0. The highest BCUT2D eigenvalue weighted by molar-refractivity contribution is 5.90. The molecule has 0 aromatic carbocycles. The molecule has 6 nitrogen and oxygen atoms in total. The largest absolute Gasteiger partial charge is 0.468 e. The van der Waals surface area contributed by atoms with Crippen LogP contribution in [0, 0.1) is 0 Å². The Labute approximate surface area is 87.2 Å². The summed E-state index contributed by atoms with van der Waals surface area (Å²) in [5.74, 6) is -0.870. The zero-order valence-electron chi connectivity index (χ0n) is 8.34. The van der Waals surface area contributed by atoms with Crippen LogP contribution >= 0.6 is 0 Å². The molecule has 1 aromatic rings. The van der Waals surface area contributed by atoms with Crippen molar-refractivity contribution < 1.29 is 14.3 Å². The van der Waals surface area contributed by atoms with Gasteiger partial charge in [0.25, 0.3) is 5.91 Å². The van der Waals surface area contributed by atoms with E-state index in [1.54, 1.807) is 18.2 Å². The summed E-state index contributed by atoms with van der Waals surface area (Å²) in [6.45, 7) is -0.0312. The number of nitrogens with zero attached hydrogens (tertiary/aromatic N) is 1. The van der Waals surface area contributed by atoms with Gasteiger partial charge in [-0.2, -0.15) is 0 Å². The fraction of sp³-hybridized carbons (Fsp3) is 0.222. The van der Waals surface area contributed by atoms with Gasteiger partial charge in [-0.05, 0) is 12.1 Å². The fourth-order valence-corrected chi connectivity index (χ4v) is 0.592. The smallest absolute Gasteiger partial charge is 0.319 e. The van der Waals surface area contributed by atoms with Crippen molar-refractivity contribution in [2.45, 2.75) is 0 Å². The van der Waals surface area contributed by atoms with E-state index in [2.05, 4.69) is 9.72 Å². The summed E-state index contributed by atoms with van der Waals surface area (Å²) < 4.78 is 4.14. The Hall–Kier alpha value is -1.95. The van der Waals surface area contributed by atoms with Crippen LogP contribution in [0.1, 0.15) is 10.5 Å². The molecule has 0 aliphatic rings. The Morgan fingerprint density at radius 1 is 1.47 bits per heavy atom. The number of primary amides is 1. The van der Waals surface area contributed by atoms with Gasteiger partial charge >= 0.3 is 5.97 Å². The Morgan fingerprint density at radius 3 is 2.33 bits per heavy atom. The average molecular weight is 211 g/mol. The minimum atomic E-state index is -0.490. The summed E-state index contributed by atoms with van der Waals surface area (Å²) in [7, 11) is 1.30. The topological polar surface area (TPSA) is 108 Å². The van der Waals surface area contributed by atoms with Crippen LogP contribution in [0.25, 0.3) is 0 Å². The molecule has 82 valence electrons. The van der Waals surface area contributed by atoms with Crippen molar-refractivity contribution in [3.05, 3.63) is 30.1 Å². The van der Waals surface area contributed by atoms with E-state index in [-0.39, 0.29) is 12.5 Å². The van der Waals surface area contributed by atoms with Gasteiger partial charge in [-0.25, -0.2) is 0 Å². The lowest BCUT2D eigenvalue weighted by Gasteiger charge is -1.88. The number of carbonyl (C=O) groups excluding carboxylic acids is 2. The van der Waals surface area contributed by atoms with Gasteiger partial charge in [0, 0.05) is 6.20 Å². The fourth-order valence-electron chi connectivity index (χ4n) is 0.592. The van der Waals surface area contributed by atoms with E-state index in [9.17, 15) is 9.59 Å². The molecule has 15 heavy (non-hydrogen) atoms. The van der Waals surface area contributed by atoms with Crippen LogP contribution in [-0.4, -0.2) is 30.5 Å². The van der Waals surface area contributed by atoms with Crippen molar-refractivity contribution in [1.29, 1.82) is 0 Å². The molecule has 0 unspecified atom stereocenters. The third-order valence-electron chi connectivity index (χ3n) is 1.31. The van der Waals surface area contributed by atoms with Gasteiger partial charge in [0.2, 0.25) is 0 Å². The first-order chi connectivity index (χ1) is 7.11. The van der Waals surface area contributed by atoms with Gasteiger partial charge in [-0.15, -0.1) is 0 Å². The molecule has 0 atom stereocenters. The number of amides is 1. The number of hydrogen-bond donors (Lipinski definition) is 2. The average Bonchev–Trinajstić information content (AvgIpc) is 2.30. The van der Waals surface area contributed by atoms with Crippen molar-refractivity contribution in [2.75, 3.05) is 13.7 Å². The van der Waals surface area contributed by atoms with E-state index in [4.69, 9.17) is 11.5 Å². The van der Waals surface area contributed by atoms with E-state index in [1.807, 2.05) is 0 Å². The van der Waals surface area contributed by atoms with E-state index in [1.165, 1.54) is 13.3 Å². The Morgan fingerprint density at radius 2 is 2.13 bits per heavy atom. The molecule has 1 aromatic heterocycles. The van der Waals surface area contributed by atoms with Crippen LogP contribution in [0.2, 0.25) is 0 Å². The zero-order chi connectivity index (χ0) is 11.7.